The van der Waals surface area contributed by atoms with E-state index >= 15 is 0 Å². The molecule has 102 valence electrons. The third-order valence-electron chi connectivity index (χ3n) is 2.53. The molecule has 0 aliphatic rings. The molecule has 20 heavy (non-hydrogen) atoms. The maximum absolute atomic E-state index is 12.0. The highest BCUT2D eigenvalue weighted by atomic mass is 35.5. The summed E-state index contributed by atoms with van der Waals surface area (Å²) in [6.45, 7) is 0. The summed E-state index contributed by atoms with van der Waals surface area (Å²) in [5.74, 6) is -0.449. The predicted octanol–water partition coefficient (Wildman–Crippen LogP) is 4.15. The molecule has 0 saturated carbocycles. The molecule has 0 heterocycles. The minimum atomic E-state index is -0.613. The van der Waals surface area contributed by atoms with Gasteiger partial charge in [-0.3, -0.25) is 14.9 Å². The van der Waals surface area contributed by atoms with Crippen molar-refractivity contribution in [1.29, 1.82) is 0 Å². The van der Waals surface area contributed by atoms with Crippen LogP contribution in [0.2, 0.25) is 10.0 Å². The van der Waals surface area contributed by atoms with E-state index in [-0.39, 0.29) is 16.3 Å². The summed E-state index contributed by atoms with van der Waals surface area (Å²) in [4.78, 5) is 22.0. The SMILES string of the molecule is O=C(Nc1ccccc1Cl)c1ccc([N+](=O)[O-])c(Cl)c1. The van der Waals surface area contributed by atoms with Gasteiger partial charge in [0.15, 0.2) is 0 Å². The molecule has 1 N–H and O–H groups in total. The van der Waals surface area contributed by atoms with Crippen LogP contribution in [-0.2, 0) is 0 Å². The van der Waals surface area contributed by atoms with Gasteiger partial charge < -0.3 is 5.32 Å². The molecular weight excluding hydrogens is 303 g/mol. The van der Waals surface area contributed by atoms with E-state index in [9.17, 15) is 14.9 Å². The molecule has 1 amide bonds. The second-order valence-electron chi connectivity index (χ2n) is 3.86. The van der Waals surface area contributed by atoms with Crippen LogP contribution < -0.4 is 5.32 Å². The first-order valence-electron chi connectivity index (χ1n) is 5.49. The summed E-state index contributed by atoms with van der Waals surface area (Å²) in [7, 11) is 0. The van der Waals surface area contributed by atoms with E-state index in [1.807, 2.05) is 0 Å². The number of para-hydroxylation sites is 1. The summed E-state index contributed by atoms with van der Waals surface area (Å²) in [6, 6.07) is 10.5. The summed E-state index contributed by atoms with van der Waals surface area (Å²) in [6.07, 6.45) is 0. The van der Waals surface area contributed by atoms with E-state index in [2.05, 4.69) is 5.32 Å². The van der Waals surface area contributed by atoms with Crippen LogP contribution in [0.4, 0.5) is 11.4 Å². The van der Waals surface area contributed by atoms with Crippen LogP contribution in [0.25, 0.3) is 0 Å². The molecule has 0 saturated heterocycles. The van der Waals surface area contributed by atoms with E-state index in [1.165, 1.54) is 18.2 Å². The minimum Gasteiger partial charge on any atom is -0.321 e. The van der Waals surface area contributed by atoms with Gasteiger partial charge >= 0.3 is 0 Å². The fraction of sp³-hybridized carbons (Fsp3) is 0. The van der Waals surface area contributed by atoms with Crippen molar-refractivity contribution >= 4 is 40.5 Å². The lowest BCUT2D eigenvalue weighted by Gasteiger charge is -2.07. The van der Waals surface area contributed by atoms with Gasteiger partial charge in [0.2, 0.25) is 0 Å². The van der Waals surface area contributed by atoms with Gasteiger partial charge in [-0.1, -0.05) is 35.3 Å². The number of rotatable bonds is 3. The summed E-state index contributed by atoms with van der Waals surface area (Å²) in [5, 5.41) is 13.5. The number of benzene rings is 2. The third-order valence-corrected chi connectivity index (χ3v) is 3.16. The molecule has 2 aromatic carbocycles. The second kappa shape index (κ2) is 5.90. The molecule has 0 bridgehead atoms. The average Bonchev–Trinajstić information content (AvgIpc) is 2.40. The van der Waals surface area contributed by atoms with Gasteiger partial charge in [0.25, 0.3) is 11.6 Å². The maximum Gasteiger partial charge on any atom is 0.287 e. The van der Waals surface area contributed by atoms with E-state index in [1.54, 1.807) is 24.3 Å². The molecule has 0 aromatic heterocycles. The number of nitro groups is 1. The number of amides is 1. The topological polar surface area (TPSA) is 72.2 Å². The zero-order valence-electron chi connectivity index (χ0n) is 9.97. The normalized spacial score (nSPS) is 10.1. The van der Waals surface area contributed by atoms with Crippen molar-refractivity contribution in [3.05, 3.63) is 68.2 Å². The van der Waals surface area contributed by atoms with Crippen LogP contribution >= 0.6 is 23.2 Å². The average molecular weight is 311 g/mol. The second-order valence-corrected chi connectivity index (χ2v) is 4.67. The highest BCUT2D eigenvalue weighted by Gasteiger charge is 2.15. The monoisotopic (exact) mass is 310 g/mol. The van der Waals surface area contributed by atoms with Crippen molar-refractivity contribution in [1.82, 2.24) is 0 Å². The number of carbonyl (C=O) groups excluding carboxylic acids is 1. The number of hydrogen-bond donors (Lipinski definition) is 1. The Bertz CT molecular complexity index is 689. The van der Waals surface area contributed by atoms with Gasteiger partial charge in [-0.2, -0.15) is 0 Å². The lowest BCUT2D eigenvalue weighted by molar-refractivity contribution is -0.384. The molecule has 0 aliphatic carbocycles. The Morgan fingerprint density at radius 2 is 1.80 bits per heavy atom. The largest absolute Gasteiger partial charge is 0.321 e. The predicted molar refractivity (Wildman–Crippen MR) is 77.5 cm³/mol. The number of hydrogen-bond acceptors (Lipinski definition) is 3. The number of nitrogens with one attached hydrogen (secondary N) is 1. The molecule has 0 atom stereocenters. The fourth-order valence-electron chi connectivity index (χ4n) is 1.55. The molecule has 5 nitrogen and oxygen atoms in total. The number of nitrogens with zero attached hydrogens (tertiary/aromatic N) is 1. The smallest absolute Gasteiger partial charge is 0.287 e. The van der Waals surface area contributed by atoms with Gasteiger partial charge in [-0.25, -0.2) is 0 Å². The Labute approximate surface area is 124 Å². The number of carbonyl (C=O) groups is 1. The van der Waals surface area contributed by atoms with Crippen molar-refractivity contribution in [2.75, 3.05) is 5.32 Å². The van der Waals surface area contributed by atoms with E-state index < -0.39 is 10.8 Å². The van der Waals surface area contributed by atoms with Crippen molar-refractivity contribution in [3.63, 3.8) is 0 Å². The molecule has 7 heteroatoms. The first-order chi connectivity index (χ1) is 9.49. The Hall–Kier alpha value is -2.11. The molecule has 0 fully saturated rings. The van der Waals surface area contributed by atoms with Gasteiger partial charge in [-0.15, -0.1) is 0 Å². The summed E-state index contributed by atoms with van der Waals surface area (Å²) >= 11 is 11.7. The number of halogens is 2. The van der Waals surface area contributed by atoms with Crippen LogP contribution in [0.1, 0.15) is 10.4 Å². The lowest BCUT2D eigenvalue weighted by atomic mass is 10.2. The Morgan fingerprint density at radius 1 is 1.10 bits per heavy atom. The van der Waals surface area contributed by atoms with Crippen molar-refractivity contribution in [2.24, 2.45) is 0 Å². The lowest BCUT2D eigenvalue weighted by Crippen LogP contribution is -2.12. The van der Waals surface area contributed by atoms with Crippen molar-refractivity contribution < 1.29 is 9.72 Å². The fourth-order valence-corrected chi connectivity index (χ4v) is 1.99. The minimum absolute atomic E-state index is 0.0955. The van der Waals surface area contributed by atoms with E-state index in [0.29, 0.717) is 10.7 Å². The van der Waals surface area contributed by atoms with Crippen LogP contribution in [0.3, 0.4) is 0 Å². The quantitative estimate of drug-likeness (QED) is 0.683. The summed E-state index contributed by atoms with van der Waals surface area (Å²) < 4.78 is 0. The van der Waals surface area contributed by atoms with E-state index in [0.717, 1.165) is 0 Å². The summed E-state index contributed by atoms with van der Waals surface area (Å²) in [5.41, 5.74) is 0.412. The Balaban J connectivity index is 2.24. The molecule has 0 aliphatic heterocycles. The first-order valence-corrected chi connectivity index (χ1v) is 6.24. The molecule has 0 spiro atoms. The standard InChI is InChI=1S/C13H8Cl2N2O3/c14-9-3-1-2-4-11(9)16-13(18)8-5-6-12(17(19)20)10(15)7-8/h1-7H,(H,16,18). The van der Waals surface area contributed by atoms with Crippen LogP contribution in [0, 0.1) is 10.1 Å². The van der Waals surface area contributed by atoms with Crippen LogP contribution in [0.15, 0.2) is 42.5 Å². The maximum atomic E-state index is 12.0. The van der Waals surface area contributed by atoms with Crippen molar-refractivity contribution in [2.45, 2.75) is 0 Å². The number of nitro benzene ring substituents is 1. The van der Waals surface area contributed by atoms with Gasteiger partial charge in [0, 0.05) is 11.6 Å². The Morgan fingerprint density at radius 3 is 2.40 bits per heavy atom. The highest BCUT2D eigenvalue weighted by Crippen LogP contribution is 2.26. The van der Waals surface area contributed by atoms with Crippen molar-refractivity contribution in [3.8, 4) is 0 Å². The van der Waals surface area contributed by atoms with E-state index in [4.69, 9.17) is 23.2 Å². The molecule has 2 rings (SSSR count). The van der Waals surface area contributed by atoms with Gasteiger partial charge in [-0.05, 0) is 24.3 Å². The van der Waals surface area contributed by atoms with Gasteiger partial charge in [0.05, 0.1) is 15.6 Å². The first kappa shape index (κ1) is 14.3. The van der Waals surface area contributed by atoms with Gasteiger partial charge in [0.1, 0.15) is 5.02 Å². The molecule has 2 aromatic rings. The molecular formula is C13H8Cl2N2O3. The third kappa shape index (κ3) is 3.07. The van der Waals surface area contributed by atoms with Crippen LogP contribution in [0.5, 0.6) is 0 Å². The highest BCUT2D eigenvalue weighted by molar-refractivity contribution is 6.34. The van der Waals surface area contributed by atoms with Crippen LogP contribution in [-0.4, -0.2) is 10.8 Å². The Kier molecular flexibility index (Phi) is 4.22. The molecule has 0 radical (unpaired) electrons. The zero-order valence-corrected chi connectivity index (χ0v) is 11.5. The zero-order chi connectivity index (χ0) is 14.7. The number of anilines is 1. The molecule has 0 unspecified atom stereocenters.